The number of anilines is 1. The van der Waals surface area contributed by atoms with Crippen molar-refractivity contribution < 1.29 is 28.3 Å². The summed E-state index contributed by atoms with van der Waals surface area (Å²) in [6, 6.07) is 8.10. The predicted molar refractivity (Wildman–Crippen MR) is 103 cm³/mol. The van der Waals surface area contributed by atoms with Gasteiger partial charge in [0, 0.05) is 17.5 Å². The second kappa shape index (κ2) is 8.81. The standard InChI is InChI=1S/C21H22F2N2O4/c1-21(2,3)20(29)25-16(19(27)28)11-12-7-9-13(10-8-12)24-18(26)17-14(22)5-4-6-15(17)23/h4-10,16H,11H2,1-3H3,(H,24,26)(H,25,29)(H,27,28)/t16-/m0/s1. The molecule has 8 heteroatoms. The molecule has 0 radical (unpaired) electrons. The number of carbonyl (C=O) groups is 3. The van der Waals surface area contributed by atoms with Crippen LogP contribution < -0.4 is 10.6 Å². The number of halogens is 2. The molecule has 0 fully saturated rings. The third-order valence-electron chi connectivity index (χ3n) is 4.13. The molecule has 1 atom stereocenters. The Kier molecular flexibility index (Phi) is 6.68. The molecule has 0 saturated carbocycles. The summed E-state index contributed by atoms with van der Waals surface area (Å²) in [4.78, 5) is 35.6. The summed E-state index contributed by atoms with van der Waals surface area (Å²) in [6.07, 6.45) is 0.0350. The van der Waals surface area contributed by atoms with Crippen LogP contribution in [-0.4, -0.2) is 28.9 Å². The SMILES string of the molecule is CC(C)(C)C(=O)N[C@@H](Cc1ccc(NC(=O)c2c(F)cccc2F)cc1)C(=O)O. The number of hydrogen-bond acceptors (Lipinski definition) is 3. The van der Waals surface area contributed by atoms with E-state index in [1.54, 1.807) is 32.9 Å². The van der Waals surface area contributed by atoms with Crippen LogP contribution in [0, 0.1) is 17.0 Å². The van der Waals surface area contributed by atoms with Crippen molar-refractivity contribution >= 4 is 23.5 Å². The minimum Gasteiger partial charge on any atom is -0.480 e. The third-order valence-corrected chi connectivity index (χ3v) is 4.13. The molecule has 2 aromatic rings. The number of carboxylic acids is 1. The molecular formula is C21H22F2N2O4. The van der Waals surface area contributed by atoms with Crippen molar-refractivity contribution in [2.75, 3.05) is 5.32 Å². The van der Waals surface area contributed by atoms with E-state index in [4.69, 9.17) is 0 Å². The fourth-order valence-electron chi connectivity index (χ4n) is 2.44. The molecule has 0 spiro atoms. The summed E-state index contributed by atoms with van der Waals surface area (Å²) in [7, 11) is 0. The Morgan fingerprint density at radius 2 is 1.55 bits per heavy atom. The zero-order valence-electron chi connectivity index (χ0n) is 16.3. The van der Waals surface area contributed by atoms with Crippen LogP contribution in [0.3, 0.4) is 0 Å². The number of benzene rings is 2. The topological polar surface area (TPSA) is 95.5 Å². The first kappa shape index (κ1) is 22.0. The van der Waals surface area contributed by atoms with Gasteiger partial charge in [-0.25, -0.2) is 13.6 Å². The Hall–Kier alpha value is -3.29. The van der Waals surface area contributed by atoms with Crippen molar-refractivity contribution in [2.45, 2.75) is 33.2 Å². The number of hydrogen-bond donors (Lipinski definition) is 3. The van der Waals surface area contributed by atoms with Crippen LogP contribution >= 0.6 is 0 Å². The van der Waals surface area contributed by atoms with Gasteiger partial charge in [-0.05, 0) is 29.8 Å². The van der Waals surface area contributed by atoms with Gasteiger partial charge in [0.25, 0.3) is 5.91 Å². The molecule has 0 saturated heterocycles. The number of amides is 2. The first-order valence-corrected chi connectivity index (χ1v) is 8.87. The number of nitrogens with one attached hydrogen (secondary N) is 2. The van der Waals surface area contributed by atoms with Crippen molar-refractivity contribution in [3.8, 4) is 0 Å². The summed E-state index contributed by atoms with van der Waals surface area (Å²) in [5.41, 5.74) is -0.537. The fourth-order valence-corrected chi connectivity index (χ4v) is 2.44. The number of carbonyl (C=O) groups excluding carboxylic acids is 2. The van der Waals surface area contributed by atoms with Gasteiger partial charge in [-0.2, -0.15) is 0 Å². The van der Waals surface area contributed by atoms with Gasteiger partial charge in [0.05, 0.1) is 0 Å². The average molecular weight is 404 g/mol. The molecule has 0 aliphatic rings. The highest BCUT2D eigenvalue weighted by Gasteiger charge is 2.27. The molecule has 154 valence electrons. The van der Waals surface area contributed by atoms with Crippen molar-refractivity contribution in [2.24, 2.45) is 5.41 Å². The van der Waals surface area contributed by atoms with Crippen LogP contribution in [0.2, 0.25) is 0 Å². The van der Waals surface area contributed by atoms with Crippen LogP contribution in [-0.2, 0) is 16.0 Å². The lowest BCUT2D eigenvalue weighted by atomic mass is 9.94. The summed E-state index contributed by atoms with van der Waals surface area (Å²) in [6.45, 7) is 5.03. The van der Waals surface area contributed by atoms with E-state index in [0.29, 0.717) is 5.56 Å². The van der Waals surface area contributed by atoms with Crippen LogP contribution in [0.4, 0.5) is 14.5 Å². The monoisotopic (exact) mass is 404 g/mol. The normalized spacial score (nSPS) is 12.2. The Morgan fingerprint density at radius 3 is 2.03 bits per heavy atom. The Labute approximate surface area is 166 Å². The van der Waals surface area contributed by atoms with Crippen LogP contribution in [0.5, 0.6) is 0 Å². The first-order valence-electron chi connectivity index (χ1n) is 8.87. The second-order valence-corrected chi connectivity index (χ2v) is 7.57. The lowest BCUT2D eigenvalue weighted by molar-refractivity contribution is -0.143. The van der Waals surface area contributed by atoms with Crippen molar-refractivity contribution in [1.29, 1.82) is 0 Å². The Bertz CT molecular complexity index is 901. The lowest BCUT2D eigenvalue weighted by Crippen LogP contribution is -2.46. The smallest absolute Gasteiger partial charge is 0.326 e. The van der Waals surface area contributed by atoms with Crippen molar-refractivity contribution in [1.82, 2.24) is 5.32 Å². The molecule has 0 aliphatic heterocycles. The van der Waals surface area contributed by atoms with Crippen LogP contribution in [0.1, 0.15) is 36.7 Å². The lowest BCUT2D eigenvalue weighted by Gasteiger charge is -2.22. The van der Waals surface area contributed by atoms with Crippen LogP contribution in [0.15, 0.2) is 42.5 Å². The van der Waals surface area contributed by atoms with Gasteiger partial charge in [0.2, 0.25) is 5.91 Å². The zero-order valence-corrected chi connectivity index (χ0v) is 16.3. The van der Waals surface area contributed by atoms with E-state index in [9.17, 15) is 28.3 Å². The maximum atomic E-state index is 13.7. The molecular weight excluding hydrogens is 382 g/mol. The molecule has 6 nitrogen and oxygen atoms in total. The van der Waals surface area contributed by atoms with E-state index in [1.807, 2.05) is 0 Å². The molecule has 2 amide bonds. The van der Waals surface area contributed by atoms with Gasteiger partial charge >= 0.3 is 5.97 Å². The van der Waals surface area contributed by atoms with E-state index >= 15 is 0 Å². The second-order valence-electron chi connectivity index (χ2n) is 7.57. The average Bonchev–Trinajstić information content (AvgIpc) is 2.61. The zero-order chi connectivity index (χ0) is 21.8. The molecule has 0 aromatic heterocycles. The summed E-state index contributed by atoms with van der Waals surface area (Å²) >= 11 is 0. The highest BCUT2D eigenvalue weighted by Crippen LogP contribution is 2.17. The summed E-state index contributed by atoms with van der Waals surface area (Å²) < 4.78 is 27.4. The molecule has 0 unspecified atom stereocenters. The largest absolute Gasteiger partial charge is 0.480 e. The molecule has 0 bridgehead atoms. The summed E-state index contributed by atoms with van der Waals surface area (Å²) in [5.74, 6) is -4.44. The fraction of sp³-hybridized carbons (Fsp3) is 0.286. The third kappa shape index (κ3) is 5.84. The van der Waals surface area contributed by atoms with Gasteiger partial charge < -0.3 is 15.7 Å². The number of aliphatic carboxylic acids is 1. The van der Waals surface area contributed by atoms with Crippen molar-refractivity contribution in [3.63, 3.8) is 0 Å². The molecule has 2 aromatic carbocycles. The number of rotatable bonds is 6. The minimum atomic E-state index is -1.17. The molecule has 29 heavy (non-hydrogen) atoms. The molecule has 0 aliphatic carbocycles. The van der Waals surface area contributed by atoms with Crippen LogP contribution in [0.25, 0.3) is 0 Å². The van der Waals surface area contributed by atoms with E-state index < -0.39 is 40.5 Å². The van der Waals surface area contributed by atoms with Gasteiger partial charge in [0.15, 0.2) is 0 Å². The quantitative estimate of drug-likeness (QED) is 0.688. The number of carboxylic acid groups (broad SMARTS) is 1. The molecule has 3 N–H and O–H groups in total. The molecule has 2 rings (SSSR count). The maximum Gasteiger partial charge on any atom is 0.326 e. The van der Waals surface area contributed by atoms with E-state index in [1.165, 1.54) is 12.1 Å². The minimum absolute atomic E-state index is 0.0350. The van der Waals surface area contributed by atoms with Gasteiger partial charge in [-0.1, -0.05) is 39.0 Å². The Balaban J connectivity index is 2.08. The van der Waals surface area contributed by atoms with E-state index in [-0.39, 0.29) is 18.0 Å². The van der Waals surface area contributed by atoms with Crippen molar-refractivity contribution in [3.05, 3.63) is 65.2 Å². The van der Waals surface area contributed by atoms with E-state index in [0.717, 1.165) is 18.2 Å². The molecule has 0 heterocycles. The highest BCUT2D eigenvalue weighted by atomic mass is 19.1. The van der Waals surface area contributed by atoms with E-state index in [2.05, 4.69) is 10.6 Å². The Morgan fingerprint density at radius 1 is 1.00 bits per heavy atom. The maximum absolute atomic E-state index is 13.7. The first-order chi connectivity index (χ1) is 13.5. The summed E-state index contributed by atoms with van der Waals surface area (Å²) in [5, 5.41) is 14.2. The van der Waals surface area contributed by atoms with Gasteiger partial charge in [-0.3, -0.25) is 9.59 Å². The predicted octanol–water partition coefficient (Wildman–Crippen LogP) is 3.38. The van der Waals surface area contributed by atoms with Gasteiger partial charge in [-0.15, -0.1) is 0 Å². The highest BCUT2D eigenvalue weighted by molar-refractivity contribution is 6.04. The van der Waals surface area contributed by atoms with Gasteiger partial charge in [0.1, 0.15) is 23.2 Å².